The van der Waals surface area contributed by atoms with E-state index in [1.165, 1.54) is 0 Å². The van der Waals surface area contributed by atoms with Gasteiger partial charge >= 0.3 is 6.03 Å². The summed E-state index contributed by atoms with van der Waals surface area (Å²) in [6, 6.07) is 18.7. The second kappa shape index (κ2) is 7.28. The number of hydrogen-bond donors (Lipinski definition) is 2. The Morgan fingerprint density at radius 1 is 0.909 bits per heavy atom. The van der Waals surface area contributed by atoms with Gasteiger partial charge in [-0.2, -0.15) is 5.26 Å². The summed E-state index contributed by atoms with van der Waals surface area (Å²) in [5.41, 5.74) is 2.63. The number of carbonyl (C=O) groups is 1. The number of rotatable bonds is 4. The van der Waals surface area contributed by atoms with Crippen LogP contribution in [0.5, 0.6) is 0 Å². The predicted molar refractivity (Wildman–Crippen MR) is 86.1 cm³/mol. The van der Waals surface area contributed by atoms with Crippen LogP contribution in [0.15, 0.2) is 54.6 Å². The minimum absolute atomic E-state index is 0.0608. The Hall–Kier alpha value is -2.80. The molecule has 0 fully saturated rings. The normalized spacial score (nSPS) is 12.8. The van der Waals surface area contributed by atoms with Gasteiger partial charge in [0.15, 0.2) is 0 Å². The summed E-state index contributed by atoms with van der Waals surface area (Å²) in [6.07, 6.45) is 0. The highest BCUT2D eigenvalue weighted by Gasteiger charge is 2.12. The van der Waals surface area contributed by atoms with E-state index in [0.29, 0.717) is 5.56 Å². The van der Waals surface area contributed by atoms with Crippen LogP contribution in [-0.2, 0) is 0 Å². The van der Waals surface area contributed by atoms with Gasteiger partial charge in [0, 0.05) is 0 Å². The van der Waals surface area contributed by atoms with E-state index < -0.39 is 0 Å². The fourth-order valence-corrected chi connectivity index (χ4v) is 2.19. The fourth-order valence-electron chi connectivity index (χ4n) is 2.19. The molecule has 2 aromatic carbocycles. The molecule has 0 saturated heterocycles. The molecule has 112 valence electrons. The zero-order valence-electron chi connectivity index (χ0n) is 12.7. The molecule has 0 aliphatic rings. The molecule has 0 heterocycles. The maximum absolute atomic E-state index is 12.1. The number of urea groups is 1. The van der Waals surface area contributed by atoms with E-state index in [2.05, 4.69) is 16.7 Å². The first kappa shape index (κ1) is 15.6. The molecule has 4 heteroatoms. The molecular formula is C18H19N3O. The molecule has 4 nitrogen and oxygen atoms in total. The van der Waals surface area contributed by atoms with Crippen LogP contribution in [0, 0.1) is 11.3 Å². The molecule has 2 atom stereocenters. The van der Waals surface area contributed by atoms with Crippen LogP contribution in [0.4, 0.5) is 4.79 Å². The Balaban J connectivity index is 1.92. The smallest absolute Gasteiger partial charge is 0.315 e. The minimum Gasteiger partial charge on any atom is -0.332 e. The molecule has 22 heavy (non-hydrogen) atoms. The SMILES string of the molecule is C[C@@H](NC(=O)N[C@H](C)c1ccc(C#N)cc1)c1ccccc1. The van der Waals surface area contributed by atoms with Crippen LogP contribution in [-0.4, -0.2) is 6.03 Å². The topological polar surface area (TPSA) is 64.9 Å². The van der Waals surface area contributed by atoms with Crippen molar-refractivity contribution in [2.75, 3.05) is 0 Å². The Morgan fingerprint density at radius 2 is 1.41 bits per heavy atom. The third-order valence-electron chi connectivity index (χ3n) is 3.53. The molecule has 0 bridgehead atoms. The van der Waals surface area contributed by atoms with Crippen molar-refractivity contribution in [1.29, 1.82) is 5.26 Å². The van der Waals surface area contributed by atoms with E-state index >= 15 is 0 Å². The van der Waals surface area contributed by atoms with Crippen molar-refractivity contribution in [1.82, 2.24) is 10.6 Å². The van der Waals surface area contributed by atoms with Gasteiger partial charge in [0.25, 0.3) is 0 Å². The highest BCUT2D eigenvalue weighted by molar-refractivity contribution is 5.74. The summed E-state index contributed by atoms with van der Waals surface area (Å²) in [4.78, 5) is 12.1. The average molecular weight is 293 g/mol. The summed E-state index contributed by atoms with van der Waals surface area (Å²) in [6.45, 7) is 3.86. The zero-order valence-corrected chi connectivity index (χ0v) is 12.7. The molecule has 2 rings (SSSR count). The van der Waals surface area contributed by atoms with E-state index in [4.69, 9.17) is 5.26 Å². The number of amides is 2. The Labute approximate surface area is 130 Å². The molecule has 2 amide bonds. The molecule has 2 aromatic rings. The van der Waals surface area contributed by atoms with Gasteiger partial charge in [-0.1, -0.05) is 42.5 Å². The summed E-state index contributed by atoms with van der Waals surface area (Å²) in [5, 5.41) is 14.6. The number of benzene rings is 2. The predicted octanol–water partition coefficient (Wildman–Crippen LogP) is 3.68. The van der Waals surface area contributed by atoms with Crippen LogP contribution in [0.2, 0.25) is 0 Å². The lowest BCUT2D eigenvalue weighted by molar-refractivity contribution is 0.235. The minimum atomic E-state index is -0.215. The number of carbonyl (C=O) groups excluding carboxylic acids is 1. The van der Waals surface area contributed by atoms with E-state index in [1.54, 1.807) is 12.1 Å². The monoisotopic (exact) mass is 293 g/mol. The van der Waals surface area contributed by atoms with Crippen molar-refractivity contribution in [2.45, 2.75) is 25.9 Å². The van der Waals surface area contributed by atoms with Gasteiger partial charge in [0.05, 0.1) is 23.7 Å². The van der Waals surface area contributed by atoms with Crippen LogP contribution < -0.4 is 10.6 Å². The highest BCUT2D eigenvalue weighted by atomic mass is 16.2. The lowest BCUT2D eigenvalue weighted by atomic mass is 10.1. The van der Waals surface area contributed by atoms with Gasteiger partial charge in [0.1, 0.15) is 0 Å². The lowest BCUT2D eigenvalue weighted by Crippen LogP contribution is -2.38. The van der Waals surface area contributed by atoms with Crippen LogP contribution in [0.3, 0.4) is 0 Å². The Kier molecular flexibility index (Phi) is 5.16. The molecule has 0 aliphatic carbocycles. The number of hydrogen-bond acceptors (Lipinski definition) is 2. The molecule has 0 radical (unpaired) electrons. The Morgan fingerprint density at radius 3 is 1.91 bits per heavy atom. The van der Waals surface area contributed by atoms with Crippen molar-refractivity contribution >= 4 is 6.03 Å². The molecule has 2 N–H and O–H groups in total. The number of nitriles is 1. The standard InChI is InChI=1S/C18H19N3O/c1-13(16-6-4-3-5-7-16)20-18(22)21-14(2)17-10-8-15(12-19)9-11-17/h3-11,13-14H,1-2H3,(H2,20,21,22)/t13-,14-/m1/s1. The molecule has 0 aromatic heterocycles. The molecule has 0 aliphatic heterocycles. The van der Waals surface area contributed by atoms with E-state index in [-0.39, 0.29) is 18.1 Å². The number of nitrogens with one attached hydrogen (secondary N) is 2. The van der Waals surface area contributed by atoms with Crippen LogP contribution in [0.1, 0.15) is 42.6 Å². The number of nitrogens with zero attached hydrogens (tertiary/aromatic N) is 1. The van der Waals surface area contributed by atoms with Gasteiger partial charge < -0.3 is 10.6 Å². The van der Waals surface area contributed by atoms with Crippen molar-refractivity contribution in [2.24, 2.45) is 0 Å². The van der Waals surface area contributed by atoms with Gasteiger partial charge in [-0.3, -0.25) is 0 Å². The zero-order chi connectivity index (χ0) is 15.9. The quantitative estimate of drug-likeness (QED) is 0.903. The second-order valence-corrected chi connectivity index (χ2v) is 5.21. The van der Waals surface area contributed by atoms with E-state index in [9.17, 15) is 4.79 Å². The van der Waals surface area contributed by atoms with Gasteiger partial charge in [-0.25, -0.2) is 4.79 Å². The van der Waals surface area contributed by atoms with Crippen molar-refractivity contribution in [3.8, 4) is 6.07 Å². The van der Waals surface area contributed by atoms with Crippen molar-refractivity contribution in [3.63, 3.8) is 0 Å². The van der Waals surface area contributed by atoms with Crippen molar-refractivity contribution in [3.05, 3.63) is 71.3 Å². The van der Waals surface area contributed by atoms with Crippen molar-refractivity contribution < 1.29 is 4.79 Å². The van der Waals surface area contributed by atoms with Gasteiger partial charge in [-0.15, -0.1) is 0 Å². The third-order valence-corrected chi connectivity index (χ3v) is 3.53. The first-order valence-electron chi connectivity index (χ1n) is 7.22. The average Bonchev–Trinajstić information content (AvgIpc) is 2.55. The summed E-state index contributed by atoms with van der Waals surface area (Å²) in [5.74, 6) is 0. The molecular weight excluding hydrogens is 274 g/mol. The van der Waals surface area contributed by atoms with E-state index in [0.717, 1.165) is 11.1 Å². The fraction of sp³-hybridized carbons (Fsp3) is 0.222. The molecule has 0 saturated carbocycles. The maximum atomic E-state index is 12.1. The lowest BCUT2D eigenvalue weighted by Gasteiger charge is -2.18. The molecule has 0 spiro atoms. The van der Waals surface area contributed by atoms with Gasteiger partial charge in [-0.05, 0) is 37.1 Å². The summed E-state index contributed by atoms with van der Waals surface area (Å²) in [7, 11) is 0. The highest BCUT2D eigenvalue weighted by Crippen LogP contribution is 2.14. The Bertz CT molecular complexity index is 659. The summed E-state index contributed by atoms with van der Waals surface area (Å²) < 4.78 is 0. The first-order valence-corrected chi connectivity index (χ1v) is 7.22. The third kappa shape index (κ3) is 4.10. The first-order chi connectivity index (χ1) is 10.6. The van der Waals surface area contributed by atoms with Crippen LogP contribution >= 0.6 is 0 Å². The largest absolute Gasteiger partial charge is 0.332 e. The van der Waals surface area contributed by atoms with Gasteiger partial charge in [0.2, 0.25) is 0 Å². The van der Waals surface area contributed by atoms with Crippen LogP contribution in [0.25, 0.3) is 0 Å². The van der Waals surface area contributed by atoms with E-state index in [1.807, 2.05) is 56.3 Å². The molecule has 0 unspecified atom stereocenters. The maximum Gasteiger partial charge on any atom is 0.315 e. The summed E-state index contributed by atoms with van der Waals surface area (Å²) >= 11 is 0. The second-order valence-electron chi connectivity index (χ2n) is 5.21.